The average Bonchev–Trinajstić information content (AvgIpc) is 2.85. The molecule has 1 aromatic rings. The number of hydrogen-bond donors (Lipinski definition) is 0. The van der Waals surface area contributed by atoms with Crippen LogP contribution in [0.3, 0.4) is 0 Å². The fraction of sp³-hybridized carbons (Fsp3) is 0.607. The van der Waals surface area contributed by atoms with Crippen molar-refractivity contribution in [3.05, 3.63) is 53.8 Å². The van der Waals surface area contributed by atoms with E-state index in [9.17, 15) is 4.79 Å². The Morgan fingerprint density at radius 1 is 0.857 bits per heavy atom. The molecule has 7 heteroatoms. The summed E-state index contributed by atoms with van der Waals surface area (Å²) in [6.45, 7) is 13.0. The lowest BCUT2D eigenvalue weighted by Gasteiger charge is -2.29. The van der Waals surface area contributed by atoms with E-state index in [1.54, 1.807) is 13.2 Å². The van der Waals surface area contributed by atoms with Crippen molar-refractivity contribution in [2.75, 3.05) is 52.9 Å². The van der Waals surface area contributed by atoms with Gasteiger partial charge in [0, 0.05) is 5.57 Å². The lowest BCUT2D eigenvalue weighted by atomic mass is 9.83. The molecule has 1 saturated carbocycles. The number of esters is 1. The summed E-state index contributed by atoms with van der Waals surface area (Å²) < 4.78 is 33.0. The topological polar surface area (TPSA) is 72.5 Å². The second-order valence-electron chi connectivity index (χ2n) is 8.97. The third-order valence-corrected chi connectivity index (χ3v) is 5.58. The minimum Gasteiger partial charge on any atom is -0.499 e. The van der Waals surface area contributed by atoms with Gasteiger partial charge in [0.25, 0.3) is 0 Å². The molecule has 2 rings (SSSR count). The summed E-state index contributed by atoms with van der Waals surface area (Å²) in [5.41, 5.74) is 2.89. The minimum absolute atomic E-state index is 0.237. The number of allylic oxidation sites excluding steroid dienone is 1. The Kier molecular flexibility index (Phi) is 14.1. The Morgan fingerprint density at radius 2 is 1.49 bits per heavy atom. The maximum atomic E-state index is 11.3. The summed E-state index contributed by atoms with van der Waals surface area (Å²) >= 11 is 0. The van der Waals surface area contributed by atoms with Gasteiger partial charge in [-0.15, -0.1) is 0 Å². The van der Waals surface area contributed by atoms with Crippen molar-refractivity contribution < 1.29 is 33.2 Å². The summed E-state index contributed by atoms with van der Waals surface area (Å²) in [5, 5.41) is 0. The zero-order chi connectivity index (χ0) is 25.3. The van der Waals surface area contributed by atoms with Crippen LogP contribution >= 0.6 is 0 Å². The lowest BCUT2D eigenvalue weighted by molar-refractivity contribution is -0.140. The molecule has 0 atom stereocenters. The highest BCUT2D eigenvalue weighted by Gasteiger charge is 2.22. The Morgan fingerprint density at radius 3 is 2.14 bits per heavy atom. The SMILES string of the molecule is C=C(C)C(=O)OCCOCCOC1CCC(c2ccc(OCCOCCOC=C(C)C)cc2)CC1. The van der Waals surface area contributed by atoms with Crippen LogP contribution in [-0.4, -0.2) is 64.9 Å². The molecule has 35 heavy (non-hydrogen) atoms. The van der Waals surface area contributed by atoms with Crippen LogP contribution in [0.1, 0.15) is 57.9 Å². The van der Waals surface area contributed by atoms with Crippen LogP contribution in [0.15, 0.2) is 48.3 Å². The molecule has 0 bridgehead atoms. The van der Waals surface area contributed by atoms with Crippen LogP contribution in [0.5, 0.6) is 5.75 Å². The highest BCUT2D eigenvalue weighted by atomic mass is 16.6. The van der Waals surface area contributed by atoms with Crippen molar-refractivity contribution in [2.24, 2.45) is 0 Å². The van der Waals surface area contributed by atoms with E-state index in [1.807, 2.05) is 26.0 Å². The van der Waals surface area contributed by atoms with E-state index in [1.165, 1.54) is 5.56 Å². The van der Waals surface area contributed by atoms with Crippen molar-refractivity contribution in [2.45, 2.75) is 58.5 Å². The molecule has 196 valence electrons. The first-order chi connectivity index (χ1) is 17.0. The number of hydrogen-bond acceptors (Lipinski definition) is 7. The van der Waals surface area contributed by atoms with Gasteiger partial charge in [-0.3, -0.25) is 0 Å². The molecule has 0 amide bonds. The maximum Gasteiger partial charge on any atom is 0.333 e. The predicted octanol–water partition coefficient (Wildman–Crippen LogP) is 5.20. The second kappa shape index (κ2) is 17.1. The average molecular weight is 491 g/mol. The van der Waals surface area contributed by atoms with E-state index in [4.69, 9.17) is 28.4 Å². The van der Waals surface area contributed by atoms with Crippen LogP contribution in [0.4, 0.5) is 0 Å². The number of benzene rings is 1. The molecule has 1 fully saturated rings. The fourth-order valence-electron chi connectivity index (χ4n) is 3.74. The van der Waals surface area contributed by atoms with Crippen molar-refractivity contribution in [1.29, 1.82) is 0 Å². The van der Waals surface area contributed by atoms with Crippen LogP contribution < -0.4 is 4.74 Å². The van der Waals surface area contributed by atoms with E-state index < -0.39 is 0 Å². The molecule has 0 aliphatic heterocycles. The second-order valence-corrected chi connectivity index (χ2v) is 8.97. The molecule has 7 nitrogen and oxygen atoms in total. The Labute approximate surface area is 210 Å². The largest absolute Gasteiger partial charge is 0.499 e. The minimum atomic E-state index is -0.383. The number of carbonyl (C=O) groups is 1. The van der Waals surface area contributed by atoms with Crippen LogP contribution in [0.2, 0.25) is 0 Å². The van der Waals surface area contributed by atoms with Crippen molar-refractivity contribution in [3.63, 3.8) is 0 Å². The van der Waals surface area contributed by atoms with Gasteiger partial charge in [-0.05, 0) is 75.6 Å². The lowest BCUT2D eigenvalue weighted by Crippen LogP contribution is -2.23. The van der Waals surface area contributed by atoms with E-state index in [2.05, 4.69) is 18.7 Å². The highest BCUT2D eigenvalue weighted by molar-refractivity contribution is 5.86. The molecule has 1 aliphatic carbocycles. The highest BCUT2D eigenvalue weighted by Crippen LogP contribution is 2.34. The summed E-state index contributed by atoms with van der Waals surface area (Å²) in [6.07, 6.45) is 6.36. The Hall–Kier alpha value is -2.35. The summed E-state index contributed by atoms with van der Waals surface area (Å²) in [7, 11) is 0. The van der Waals surface area contributed by atoms with Gasteiger partial charge < -0.3 is 28.4 Å². The van der Waals surface area contributed by atoms with Crippen molar-refractivity contribution in [1.82, 2.24) is 0 Å². The van der Waals surface area contributed by atoms with Gasteiger partial charge >= 0.3 is 5.97 Å². The van der Waals surface area contributed by atoms with Gasteiger partial charge in [0.05, 0.1) is 45.4 Å². The number of ether oxygens (including phenoxy) is 6. The first-order valence-corrected chi connectivity index (χ1v) is 12.5. The molecule has 1 aromatic carbocycles. The van der Waals surface area contributed by atoms with Crippen LogP contribution in [0, 0.1) is 0 Å². The third-order valence-electron chi connectivity index (χ3n) is 5.58. The molecule has 0 heterocycles. The first-order valence-electron chi connectivity index (χ1n) is 12.5. The maximum absolute atomic E-state index is 11.3. The molecule has 0 unspecified atom stereocenters. The van der Waals surface area contributed by atoms with Gasteiger partial charge in [0.15, 0.2) is 0 Å². The van der Waals surface area contributed by atoms with Crippen molar-refractivity contribution >= 4 is 5.97 Å². The summed E-state index contributed by atoms with van der Waals surface area (Å²) in [6, 6.07) is 8.43. The molecule has 1 aliphatic rings. The van der Waals surface area contributed by atoms with Gasteiger partial charge in [-0.25, -0.2) is 4.79 Å². The van der Waals surface area contributed by atoms with Crippen molar-refractivity contribution in [3.8, 4) is 5.75 Å². The summed E-state index contributed by atoms with van der Waals surface area (Å²) in [5.74, 6) is 1.04. The normalized spacial score (nSPS) is 17.5. The van der Waals surface area contributed by atoms with Crippen LogP contribution in [-0.2, 0) is 28.5 Å². The molecular formula is C28H42O7. The monoisotopic (exact) mass is 490 g/mol. The molecular weight excluding hydrogens is 448 g/mol. The van der Waals surface area contributed by atoms with Crippen LogP contribution in [0.25, 0.3) is 0 Å². The zero-order valence-electron chi connectivity index (χ0n) is 21.6. The fourth-order valence-corrected chi connectivity index (χ4v) is 3.74. The van der Waals surface area contributed by atoms with Gasteiger partial charge in [0.2, 0.25) is 0 Å². The quantitative estimate of drug-likeness (QED) is 0.129. The third kappa shape index (κ3) is 12.8. The van der Waals surface area contributed by atoms with Gasteiger partial charge in [-0.2, -0.15) is 0 Å². The van der Waals surface area contributed by atoms with E-state index >= 15 is 0 Å². The zero-order valence-corrected chi connectivity index (χ0v) is 21.6. The molecule has 0 aromatic heterocycles. The Bertz CT molecular complexity index is 760. The molecule has 0 N–H and O–H groups in total. The summed E-state index contributed by atoms with van der Waals surface area (Å²) in [4.78, 5) is 11.3. The van der Waals surface area contributed by atoms with E-state index in [0.717, 1.165) is 37.0 Å². The molecule has 0 saturated heterocycles. The number of rotatable bonds is 17. The smallest absolute Gasteiger partial charge is 0.333 e. The Balaban J connectivity index is 1.51. The molecule has 0 spiro atoms. The van der Waals surface area contributed by atoms with E-state index in [-0.39, 0.29) is 18.7 Å². The van der Waals surface area contributed by atoms with Gasteiger partial charge in [0.1, 0.15) is 25.6 Å². The predicted molar refractivity (Wildman–Crippen MR) is 136 cm³/mol. The molecule has 0 radical (unpaired) electrons. The van der Waals surface area contributed by atoms with Gasteiger partial charge in [-0.1, -0.05) is 18.7 Å². The standard InChI is InChI=1S/C28H42O7/c1-22(2)21-32-14-13-30-15-18-33-26-9-5-24(6-10-26)25-7-11-27(12-8-25)34-19-16-31-17-20-35-28(29)23(3)4/h5-6,9-10,21,25,27H,3,7-8,11-20H2,1-2,4H3. The number of carbonyl (C=O) groups excluding carboxylic acids is 1. The first kappa shape index (κ1) is 28.9. The van der Waals surface area contributed by atoms with E-state index in [0.29, 0.717) is 57.7 Å².